The zero-order chi connectivity index (χ0) is 24.0. The highest BCUT2D eigenvalue weighted by Gasteiger charge is 2.21. The molecule has 0 fully saturated rings. The molecule has 0 aliphatic rings. The van der Waals surface area contributed by atoms with E-state index in [2.05, 4.69) is 20.3 Å². The van der Waals surface area contributed by atoms with E-state index in [-0.39, 0.29) is 16.2 Å². The molecule has 0 bridgehead atoms. The minimum atomic E-state index is -3.36. The normalized spacial score (nSPS) is 12.4. The second-order valence-corrected chi connectivity index (χ2v) is 11.7. The number of hydrogen-bond acceptors (Lipinski definition) is 6. The summed E-state index contributed by atoms with van der Waals surface area (Å²) in [5.74, 6) is 0.425. The Bertz CT molecular complexity index is 1430. The molecule has 0 radical (unpaired) electrons. The van der Waals surface area contributed by atoms with Crippen molar-refractivity contribution in [3.05, 3.63) is 60.3 Å². The standard InChI is InChI=1S/C24H26N4O4S/c1-14(2)33(30,31)17-8-6-15(7-9-17)19-12-26-22-21(28-19)18(11-25-22)23(29)27-16-10-20(32-13-16)24(3,4)5/h6-14H,1-5H3,(H,25,26)(H,27,29). The summed E-state index contributed by atoms with van der Waals surface area (Å²) < 4.78 is 30.3. The fraction of sp³-hybridized carbons (Fsp3) is 0.292. The first kappa shape index (κ1) is 22.7. The molecule has 1 aromatic carbocycles. The molecule has 2 N–H and O–H groups in total. The van der Waals surface area contributed by atoms with E-state index >= 15 is 0 Å². The first-order valence-corrected chi connectivity index (χ1v) is 12.1. The zero-order valence-electron chi connectivity index (χ0n) is 19.1. The van der Waals surface area contributed by atoms with Gasteiger partial charge in [0.15, 0.2) is 15.5 Å². The number of nitrogens with zero attached hydrogens (tertiary/aromatic N) is 2. The molecular formula is C24H26N4O4S. The molecule has 172 valence electrons. The molecule has 1 amide bonds. The van der Waals surface area contributed by atoms with Crippen LogP contribution in [0.3, 0.4) is 0 Å². The zero-order valence-corrected chi connectivity index (χ0v) is 19.9. The van der Waals surface area contributed by atoms with Crippen molar-refractivity contribution < 1.29 is 17.6 Å². The van der Waals surface area contributed by atoms with E-state index in [1.54, 1.807) is 56.6 Å². The number of carbonyl (C=O) groups is 1. The van der Waals surface area contributed by atoms with Crippen LogP contribution < -0.4 is 5.32 Å². The summed E-state index contributed by atoms with van der Waals surface area (Å²) in [6.45, 7) is 9.38. The van der Waals surface area contributed by atoms with Gasteiger partial charge in [0.25, 0.3) is 5.91 Å². The molecule has 0 unspecified atom stereocenters. The SMILES string of the molecule is CC(C)S(=O)(=O)c1ccc(-c2cnc3[nH]cc(C(=O)Nc4coc(C(C)(C)C)c4)c3n2)cc1. The number of nitrogens with one attached hydrogen (secondary N) is 2. The molecule has 0 aliphatic heterocycles. The van der Waals surface area contributed by atoms with Crippen molar-refractivity contribution in [1.82, 2.24) is 15.0 Å². The van der Waals surface area contributed by atoms with Gasteiger partial charge in [-0.15, -0.1) is 0 Å². The van der Waals surface area contributed by atoms with Crippen molar-refractivity contribution >= 4 is 32.6 Å². The molecule has 8 nitrogen and oxygen atoms in total. The summed E-state index contributed by atoms with van der Waals surface area (Å²) in [5, 5.41) is 2.33. The molecule has 4 aromatic rings. The second kappa shape index (κ2) is 8.15. The molecule has 3 heterocycles. The topological polar surface area (TPSA) is 118 Å². The number of benzene rings is 1. The average Bonchev–Trinajstić information content (AvgIpc) is 3.40. The number of sulfone groups is 1. The Morgan fingerprint density at radius 2 is 1.85 bits per heavy atom. The van der Waals surface area contributed by atoms with Crippen LogP contribution in [0.5, 0.6) is 0 Å². The van der Waals surface area contributed by atoms with E-state index in [9.17, 15) is 13.2 Å². The van der Waals surface area contributed by atoms with Gasteiger partial charge in [0, 0.05) is 23.2 Å². The van der Waals surface area contributed by atoms with E-state index in [1.807, 2.05) is 20.8 Å². The smallest absolute Gasteiger partial charge is 0.259 e. The molecule has 9 heteroatoms. The molecule has 0 aliphatic carbocycles. The molecule has 0 atom stereocenters. The van der Waals surface area contributed by atoms with Gasteiger partial charge in [0.1, 0.15) is 17.5 Å². The van der Waals surface area contributed by atoms with Gasteiger partial charge >= 0.3 is 0 Å². The number of fused-ring (bicyclic) bond motifs is 1. The van der Waals surface area contributed by atoms with Crippen LogP contribution in [-0.2, 0) is 15.3 Å². The number of aromatic nitrogens is 3. The van der Waals surface area contributed by atoms with Gasteiger partial charge < -0.3 is 14.7 Å². The molecular weight excluding hydrogens is 440 g/mol. The summed E-state index contributed by atoms with van der Waals surface area (Å²) in [6.07, 6.45) is 4.65. The summed E-state index contributed by atoms with van der Waals surface area (Å²) in [7, 11) is -3.36. The van der Waals surface area contributed by atoms with Gasteiger partial charge in [0.2, 0.25) is 0 Å². The van der Waals surface area contributed by atoms with Crippen molar-refractivity contribution in [2.45, 2.75) is 50.2 Å². The molecule has 4 rings (SSSR count). The third-order valence-corrected chi connectivity index (χ3v) is 7.49. The third-order valence-electron chi connectivity index (χ3n) is 5.32. The number of carbonyl (C=O) groups excluding carboxylic acids is 1. The van der Waals surface area contributed by atoms with Crippen molar-refractivity contribution in [1.29, 1.82) is 0 Å². The van der Waals surface area contributed by atoms with Crippen molar-refractivity contribution in [2.24, 2.45) is 0 Å². The van der Waals surface area contributed by atoms with Gasteiger partial charge in [-0.05, 0) is 26.0 Å². The maximum Gasteiger partial charge on any atom is 0.259 e. The van der Waals surface area contributed by atoms with Gasteiger partial charge in [-0.1, -0.05) is 32.9 Å². The summed E-state index contributed by atoms with van der Waals surface area (Å²) >= 11 is 0. The molecule has 0 saturated heterocycles. The number of H-pyrrole nitrogens is 1. The number of furan rings is 1. The summed E-state index contributed by atoms with van der Waals surface area (Å²) in [4.78, 5) is 25.1. The van der Waals surface area contributed by atoms with E-state index in [1.165, 1.54) is 6.26 Å². The Morgan fingerprint density at radius 1 is 1.15 bits per heavy atom. The van der Waals surface area contributed by atoms with Crippen LogP contribution in [0.1, 0.15) is 50.7 Å². The van der Waals surface area contributed by atoms with E-state index in [4.69, 9.17) is 4.42 Å². The predicted octanol–water partition coefficient (Wildman–Crippen LogP) is 4.95. The summed E-state index contributed by atoms with van der Waals surface area (Å²) in [5.41, 5.74) is 2.86. The van der Waals surface area contributed by atoms with Crippen LogP contribution in [0.15, 0.2) is 58.3 Å². The van der Waals surface area contributed by atoms with Crippen LogP contribution >= 0.6 is 0 Å². The highest BCUT2D eigenvalue weighted by atomic mass is 32.2. The van der Waals surface area contributed by atoms with Crippen molar-refractivity contribution in [3.63, 3.8) is 0 Å². The average molecular weight is 467 g/mol. The lowest BCUT2D eigenvalue weighted by molar-refractivity contribution is 0.102. The fourth-order valence-corrected chi connectivity index (χ4v) is 4.34. The Labute approximate surface area is 192 Å². The maximum absolute atomic E-state index is 12.9. The Balaban J connectivity index is 1.62. The highest BCUT2D eigenvalue weighted by Crippen LogP contribution is 2.28. The summed E-state index contributed by atoms with van der Waals surface area (Å²) in [6, 6.07) is 8.31. The quantitative estimate of drug-likeness (QED) is 0.430. The van der Waals surface area contributed by atoms with Crippen LogP contribution in [0.25, 0.3) is 22.4 Å². The first-order valence-electron chi connectivity index (χ1n) is 10.6. The Hall–Kier alpha value is -3.46. The minimum absolute atomic E-state index is 0.172. The molecule has 0 spiro atoms. The highest BCUT2D eigenvalue weighted by molar-refractivity contribution is 7.92. The number of rotatable bonds is 5. The Morgan fingerprint density at radius 3 is 2.45 bits per heavy atom. The molecule has 3 aromatic heterocycles. The lowest BCUT2D eigenvalue weighted by atomic mass is 9.93. The van der Waals surface area contributed by atoms with E-state index < -0.39 is 15.1 Å². The van der Waals surface area contributed by atoms with Gasteiger partial charge in [0.05, 0.1) is 33.3 Å². The number of hydrogen-bond donors (Lipinski definition) is 2. The maximum atomic E-state index is 12.9. The largest absolute Gasteiger partial charge is 0.467 e. The van der Waals surface area contributed by atoms with Gasteiger partial charge in [-0.2, -0.15) is 0 Å². The van der Waals surface area contributed by atoms with Crippen LogP contribution in [0.4, 0.5) is 5.69 Å². The van der Waals surface area contributed by atoms with Gasteiger partial charge in [-0.3, -0.25) is 4.79 Å². The van der Waals surface area contributed by atoms with Crippen molar-refractivity contribution in [2.75, 3.05) is 5.32 Å². The number of aromatic amines is 1. The van der Waals surface area contributed by atoms with E-state index in [0.717, 1.165) is 5.76 Å². The molecule has 0 saturated carbocycles. The van der Waals surface area contributed by atoms with Crippen LogP contribution in [0, 0.1) is 0 Å². The predicted molar refractivity (Wildman–Crippen MR) is 127 cm³/mol. The van der Waals surface area contributed by atoms with Crippen LogP contribution in [0.2, 0.25) is 0 Å². The Kier molecular flexibility index (Phi) is 5.61. The lowest BCUT2D eigenvalue weighted by Gasteiger charge is -2.13. The third kappa shape index (κ3) is 4.41. The lowest BCUT2D eigenvalue weighted by Crippen LogP contribution is -2.13. The second-order valence-electron chi connectivity index (χ2n) is 9.18. The van der Waals surface area contributed by atoms with Gasteiger partial charge in [-0.25, -0.2) is 18.4 Å². The van der Waals surface area contributed by atoms with Crippen molar-refractivity contribution in [3.8, 4) is 11.3 Å². The van der Waals surface area contributed by atoms with Crippen LogP contribution in [-0.4, -0.2) is 34.5 Å². The molecule has 33 heavy (non-hydrogen) atoms. The number of amides is 1. The minimum Gasteiger partial charge on any atom is -0.467 e. The first-order chi connectivity index (χ1) is 15.5. The monoisotopic (exact) mass is 466 g/mol. The van der Waals surface area contributed by atoms with E-state index in [0.29, 0.717) is 33.7 Å². The number of anilines is 1. The fourth-order valence-electron chi connectivity index (χ4n) is 3.28.